The predicted molar refractivity (Wildman–Crippen MR) is 90.8 cm³/mol. The van der Waals surface area contributed by atoms with Gasteiger partial charge in [-0.05, 0) is 30.0 Å². The van der Waals surface area contributed by atoms with Gasteiger partial charge in [0.05, 0.1) is 6.20 Å². The van der Waals surface area contributed by atoms with E-state index < -0.39 is 0 Å². The van der Waals surface area contributed by atoms with E-state index in [2.05, 4.69) is 32.7 Å². The Hall–Kier alpha value is -2.80. The van der Waals surface area contributed by atoms with E-state index in [1.807, 2.05) is 30.2 Å². The maximum absolute atomic E-state index is 11.3. The number of hydrogen-bond donors (Lipinski definition) is 1. The van der Waals surface area contributed by atoms with E-state index in [0.29, 0.717) is 11.9 Å². The van der Waals surface area contributed by atoms with Crippen molar-refractivity contribution in [2.45, 2.75) is 32.4 Å². The Labute approximate surface area is 145 Å². The predicted octanol–water partition coefficient (Wildman–Crippen LogP) is 2.45. The SMILES string of the molecule is CC(=O)c1nc(-c2ccc3c(c2)CC[C@H]3NCc2cnn(C)c2)no1. The van der Waals surface area contributed by atoms with Gasteiger partial charge in [-0.25, -0.2) is 0 Å². The van der Waals surface area contributed by atoms with E-state index in [0.717, 1.165) is 24.9 Å². The molecule has 0 bridgehead atoms. The number of aromatic nitrogens is 4. The zero-order valence-corrected chi connectivity index (χ0v) is 14.2. The highest BCUT2D eigenvalue weighted by Crippen LogP contribution is 2.33. The van der Waals surface area contributed by atoms with Crippen LogP contribution in [-0.2, 0) is 20.0 Å². The largest absolute Gasteiger partial charge is 0.330 e. The highest BCUT2D eigenvalue weighted by atomic mass is 16.5. The fraction of sp³-hybridized carbons (Fsp3) is 0.333. The second-order valence-electron chi connectivity index (χ2n) is 6.39. The Morgan fingerprint density at radius 1 is 1.44 bits per heavy atom. The Bertz CT molecular complexity index is 927. The Morgan fingerprint density at radius 3 is 3.04 bits per heavy atom. The van der Waals surface area contributed by atoms with Gasteiger partial charge in [-0.3, -0.25) is 9.48 Å². The minimum atomic E-state index is -0.223. The number of nitrogens with one attached hydrogen (secondary N) is 1. The lowest BCUT2D eigenvalue weighted by Crippen LogP contribution is -2.18. The van der Waals surface area contributed by atoms with Crippen molar-refractivity contribution in [2.75, 3.05) is 0 Å². The Balaban J connectivity index is 1.50. The van der Waals surface area contributed by atoms with Crippen LogP contribution in [0, 0.1) is 0 Å². The van der Waals surface area contributed by atoms with Gasteiger partial charge < -0.3 is 9.84 Å². The van der Waals surface area contributed by atoms with Gasteiger partial charge in [-0.2, -0.15) is 10.1 Å². The summed E-state index contributed by atoms with van der Waals surface area (Å²) in [7, 11) is 1.92. The number of hydrogen-bond acceptors (Lipinski definition) is 6. The molecule has 4 rings (SSSR count). The topological polar surface area (TPSA) is 85.8 Å². The molecule has 3 aromatic rings. The molecule has 2 aromatic heterocycles. The molecule has 0 saturated carbocycles. The van der Waals surface area contributed by atoms with Crippen LogP contribution in [0.2, 0.25) is 0 Å². The molecule has 1 aliphatic rings. The fourth-order valence-electron chi connectivity index (χ4n) is 3.26. The number of benzene rings is 1. The van der Waals surface area contributed by atoms with Crippen molar-refractivity contribution in [1.29, 1.82) is 0 Å². The Kier molecular flexibility index (Phi) is 3.93. The van der Waals surface area contributed by atoms with Gasteiger partial charge >= 0.3 is 0 Å². The molecule has 25 heavy (non-hydrogen) atoms. The van der Waals surface area contributed by atoms with Crippen LogP contribution in [0.5, 0.6) is 0 Å². The van der Waals surface area contributed by atoms with Crippen LogP contribution in [-0.4, -0.2) is 25.7 Å². The van der Waals surface area contributed by atoms with Crippen LogP contribution in [0.3, 0.4) is 0 Å². The normalized spacial score (nSPS) is 16.2. The van der Waals surface area contributed by atoms with Crippen LogP contribution < -0.4 is 5.32 Å². The van der Waals surface area contributed by atoms with Crippen LogP contribution >= 0.6 is 0 Å². The molecule has 0 saturated heterocycles. The van der Waals surface area contributed by atoms with E-state index in [9.17, 15) is 4.79 Å². The van der Waals surface area contributed by atoms with Gasteiger partial charge in [0.15, 0.2) is 0 Å². The molecular formula is C18H19N5O2. The molecule has 1 N–H and O–H groups in total. The quantitative estimate of drug-likeness (QED) is 0.720. The first-order chi connectivity index (χ1) is 12.1. The minimum Gasteiger partial charge on any atom is -0.330 e. The van der Waals surface area contributed by atoms with Gasteiger partial charge in [0, 0.05) is 43.9 Å². The lowest BCUT2D eigenvalue weighted by Gasteiger charge is -2.13. The molecule has 0 unspecified atom stereocenters. The second-order valence-corrected chi connectivity index (χ2v) is 6.39. The highest BCUT2D eigenvalue weighted by Gasteiger charge is 2.23. The number of carbonyl (C=O) groups excluding carboxylic acids is 1. The van der Waals surface area contributed by atoms with E-state index >= 15 is 0 Å². The summed E-state index contributed by atoms with van der Waals surface area (Å²) in [5.41, 5.74) is 4.65. The number of rotatable bonds is 5. The summed E-state index contributed by atoms with van der Waals surface area (Å²) >= 11 is 0. The third-order valence-electron chi connectivity index (χ3n) is 4.52. The second kappa shape index (κ2) is 6.25. The number of carbonyl (C=O) groups is 1. The van der Waals surface area contributed by atoms with Crippen LogP contribution in [0.25, 0.3) is 11.4 Å². The number of aryl methyl sites for hydroxylation is 2. The summed E-state index contributed by atoms with van der Waals surface area (Å²) in [6.45, 7) is 2.21. The van der Waals surface area contributed by atoms with E-state index in [-0.39, 0.29) is 11.7 Å². The molecule has 2 heterocycles. The molecule has 7 heteroatoms. The molecule has 1 aliphatic carbocycles. The van der Waals surface area contributed by atoms with Gasteiger partial charge in [0.1, 0.15) is 0 Å². The van der Waals surface area contributed by atoms with Crippen molar-refractivity contribution >= 4 is 5.78 Å². The molecule has 7 nitrogen and oxygen atoms in total. The smallest absolute Gasteiger partial charge is 0.294 e. The van der Waals surface area contributed by atoms with E-state index in [4.69, 9.17) is 4.52 Å². The minimum absolute atomic E-state index is 0.0477. The third kappa shape index (κ3) is 3.10. The lowest BCUT2D eigenvalue weighted by molar-refractivity contribution is 0.0972. The van der Waals surface area contributed by atoms with Crippen molar-refractivity contribution in [3.63, 3.8) is 0 Å². The fourth-order valence-corrected chi connectivity index (χ4v) is 3.26. The molecule has 0 fully saturated rings. The lowest BCUT2D eigenvalue weighted by atomic mass is 10.0. The molecule has 0 amide bonds. The van der Waals surface area contributed by atoms with E-state index in [1.165, 1.54) is 23.6 Å². The zero-order chi connectivity index (χ0) is 17.4. The monoisotopic (exact) mass is 337 g/mol. The molecule has 1 atom stereocenters. The van der Waals surface area contributed by atoms with Crippen molar-refractivity contribution in [3.8, 4) is 11.4 Å². The average molecular weight is 337 g/mol. The third-order valence-corrected chi connectivity index (χ3v) is 4.52. The first-order valence-corrected chi connectivity index (χ1v) is 8.29. The number of nitrogens with zero attached hydrogens (tertiary/aromatic N) is 4. The first-order valence-electron chi connectivity index (χ1n) is 8.29. The first kappa shape index (κ1) is 15.7. The van der Waals surface area contributed by atoms with Crippen molar-refractivity contribution in [3.05, 3.63) is 53.2 Å². The molecule has 1 aromatic carbocycles. The summed E-state index contributed by atoms with van der Waals surface area (Å²) in [6.07, 6.45) is 5.97. The Morgan fingerprint density at radius 2 is 2.32 bits per heavy atom. The number of ketones is 1. The summed E-state index contributed by atoms with van der Waals surface area (Å²) in [5, 5.41) is 11.7. The molecule has 128 valence electrons. The van der Waals surface area contributed by atoms with Gasteiger partial charge in [0.25, 0.3) is 5.89 Å². The van der Waals surface area contributed by atoms with Crippen LogP contribution in [0.4, 0.5) is 0 Å². The van der Waals surface area contributed by atoms with Gasteiger partial charge in [-0.15, -0.1) is 0 Å². The summed E-state index contributed by atoms with van der Waals surface area (Å²) < 4.78 is 6.79. The summed E-state index contributed by atoms with van der Waals surface area (Å²) in [5.74, 6) is 0.283. The van der Waals surface area contributed by atoms with Crippen molar-refractivity contribution < 1.29 is 9.32 Å². The number of Topliss-reactive ketones (excluding diaryl/α,β-unsaturated/α-hetero) is 1. The van der Waals surface area contributed by atoms with Crippen molar-refractivity contribution in [1.82, 2.24) is 25.2 Å². The van der Waals surface area contributed by atoms with Crippen molar-refractivity contribution in [2.24, 2.45) is 7.05 Å². The van der Waals surface area contributed by atoms with Crippen LogP contribution in [0.15, 0.2) is 35.1 Å². The molecule has 0 radical (unpaired) electrons. The van der Waals surface area contributed by atoms with E-state index in [1.54, 1.807) is 0 Å². The standard InChI is InChI=1S/C18H19N5O2/c1-11(24)18-21-17(22-25-18)14-3-5-15-13(7-14)4-6-16(15)19-8-12-9-20-23(2)10-12/h3,5,7,9-10,16,19H,4,6,8H2,1-2H3/t16-/m1/s1. The van der Waals surface area contributed by atoms with Gasteiger partial charge in [-0.1, -0.05) is 17.3 Å². The number of fused-ring (bicyclic) bond motifs is 1. The maximum Gasteiger partial charge on any atom is 0.294 e. The molecule has 0 aliphatic heterocycles. The average Bonchev–Trinajstić information content (AvgIpc) is 3.32. The van der Waals surface area contributed by atoms with Crippen LogP contribution in [0.1, 0.15) is 46.8 Å². The zero-order valence-electron chi connectivity index (χ0n) is 14.2. The highest BCUT2D eigenvalue weighted by molar-refractivity contribution is 5.89. The summed E-state index contributed by atoms with van der Waals surface area (Å²) in [4.78, 5) is 15.5. The molecule has 0 spiro atoms. The maximum atomic E-state index is 11.3. The molecular weight excluding hydrogens is 318 g/mol. The summed E-state index contributed by atoms with van der Waals surface area (Å²) in [6, 6.07) is 6.53. The van der Waals surface area contributed by atoms with Gasteiger partial charge in [0.2, 0.25) is 11.6 Å².